The van der Waals surface area contributed by atoms with Gasteiger partial charge in [0.25, 0.3) is 0 Å². The van der Waals surface area contributed by atoms with Crippen molar-refractivity contribution in [2.24, 2.45) is 11.7 Å². The van der Waals surface area contributed by atoms with Crippen molar-refractivity contribution in [3.63, 3.8) is 0 Å². The molecular weight excluding hydrogens is 241 g/mol. The molecule has 0 amide bonds. The first-order valence-electron chi connectivity index (χ1n) is 6.65. The predicted octanol–water partition coefficient (Wildman–Crippen LogP) is 2.70. The first-order valence-corrected chi connectivity index (χ1v) is 6.65. The predicted molar refractivity (Wildman–Crippen MR) is 74.8 cm³/mol. The quantitative estimate of drug-likeness (QED) is 0.823. The molecule has 0 fully saturated rings. The summed E-state index contributed by atoms with van der Waals surface area (Å²) in [6.45, 7) is 5.98. The Morgan fingerprint density at radius 1 is 1.37 bits per heavy atom. The standard InChI is InChI=1S/C15H22FN3/c1-12(2)11-19(9-5-8-17)15(10-18)13-6-3-4-7-14(13)16/h3-4,6-7,12,15H,5,9-11,18H2,1-2H3. The fourth-order valence-electron chi connectivity index (χ4n) is 2.26. The molecule has 0 saturated heterocycles. The van der Waals surface area contributed by atoms with E-state index in [4.69, 9.17) is 11.0 Å². The van der Waals surface area contributed by atoms with Gasteiger partial charge in [-0.25, -0.2) is 4.39 Å². The maximum absolute atomic E-state index is 13.9. The molecule has 0 saturated carbocycles. The maximum atomic E-state index is 13.9. The van der Waals surface area contributed by atoms with Crippen LogP contribution in [0, 0.1) is 23.1 Å². The van der Waals surface area contributed by atoms with Crippen molar-refractivity contribution in [2.75, 3.05) is 19.6 Å². The number of hydrogen-bond acceptors (Lipinski definition) is 3. The van der Waals surface area contributed by atoms with Crippen molar-refractivity contribution in [3.05, 3.63) is 35.6 Å². The second kappa shape index (κ2) is 7.88. The number of hydrogen-bond donors (Lipinski definition) is 1. The number of benzene rings is 1. The molecule has 1 atom stereocenters. The van der Waals surface area contributed by atoms with Gasteiger partial charge in [-0.3, -0.25) is 4.90 Å². The Hall–Kier alpha value is -1.44. The summed E-state index contributed by atoms with van der Waals surface area (Å²) < 4.78 is 13.9. The minimum atomic E-state index is -0.233. The van der Waals surface area contributed by atoms with E-state index in [9.17, 15) is 4.39 Å². The van der Waals surface area contributed by atoms with E-state index in [0.717, 1.165) is 6.54 Å². The summed E-state index contributed by atoms with van der Waals surface area (Å²) >= 11 is 0. The van der Waals surface area contributed by atoms with Gasteiger partial charge >= 0.3 is 0 Å². The van der Waals surface area contributed by atoms with Crippen LogP contribution in [0.5, 0.6) is 0 Å². The Morgan fingerprint density at radius 2 is 2.05 bits per heavy atom. The summed E-state index contributed by atoms with van der Waals surface area (Å²) in [5.74, 6) is 0.211. The van der Waals surface area contributed by atoms with E-state index in [2.05, 4.69) is 24.8 Å². The minimum absolute atomic E-state index is 0.169. The number of nitrogens with two attached hydrogens (primary N) is 1. The fraction of sp³-hybridized carbons (Fsp3) is 0.533. The van der Waals surface area contributed by atoms with Crippen molar-refractivity contribution in [2.45, 2.75) is 26.3 Å². The van der Waals surface area contributed by atoms with Gasteiger partial charge in [0.1, 0.15) is 5.82 Å². The summed E-state index contributed by atoms with van der Waals surface area (Å²) in [4.78, 5) is 2.10. The lowest BCUT2D eigenvalue weighted by molar-refractivity contribution is 0.180. The molecule has 1 rings (SSSR count). The summed E-state index contributed by atoms with van der Waals surface area (Å²) in [7, 11) is 0. The molecule has 1 aromatic rings. The molecule has 3 nitrogen and oxygen atoms in total. The van der Waals surface area contributed by atoms with E-state index in [1.807, 2.05) is 6.07 Å². The molecule has 0 aromatic heterocycles. The van der Waals surface area contributed by atoms with Gasteiger partial charge in [0.2, 0.25) is 0 Å². The molecule has 4 heteroatoms. The molecule has 0 aliphatic rings. The van der Waals surface area contributed by atoms with Crippen LogP contribution in [0.25, 0.3) is 0 Å². The largest absolute Gasteiger partial charge is 0.329 e. The zero-order chi connectivity index (χ0) is 14.3. The van der Waals surface area contributed by atoms with Gasteiger partial charge in [-0.05, 0) is 12.0 Å². The van der Waals surface area contributed by atoms with E-state index in [1.54, 1.807) is 12.1 Å². The number of rotatable bonds is 7. The van der Waals surface area contributed by atoms with Crippen LogP contribution >= 0.6 is 0 Å². The van der Waals surface area contributed by atoms with Gasteiger partial charge in [0.15, 0.2) is 0 Å². The van der Waals surface area contributed by atoms with Gasteiger partial charge in [-0.15, -0.1) is 0 Å². The normalized spacial score (nSPS) is 12.7. The van der Waals surface area contributed by atoms with E-state index in [-0.39, 0.29) is 11.9 Å². The second-order valence-corrected chi connectivity index (χ2v) is 5.07. The molecule has 0 radical (unpaired) electrons. The van der Waals surface area contributed by atoms with Crippen molar-refractivity contribution in [3.8, 4) is 6.07 Å². The van der Waals surface area contributed by atoms with Gasteiger partial charge in [0, 0.05) is 37.7 Å². The Labute approximate surface area is 114 Å². The van der Waals surface area contributed by atoms with Crippen molar-refractivity contribution < 1.29 is 4.39 Å². The molecule has 1 unspecified atom stereocenters. The second-order valence-electron chi connectivity index (χ2n) is 5.07. The lowest BCUT2D eigenvalue weighted by Gasteiger charge is -2.32. The molecule has 0 bridgehead atoms. The summed E-state index contributed by atoms with van der Waals surface area (Å²) in [6, 6.07) is 8.69. The van der Waals surface area contributed by atoms with E-state index < -0.39 is 0 Å². The van der Waals surface area contributed by atoms with Crippen LogP contribution in [0.4, 0.5) is 4.39 Å². The topological polar surface area (TPSA) is 53.0 Å². The number of halogens is 1. The summed E-state index contributed by atoms with van der Waals surface area (Å²) in [6.07, 6.45) is 0.428. The van der Waals surface area contributed by atoms with E-state index in [1.165, 1.54) is 6.07 Å². The SMILES string of the molecule is CC(C)CN(CCC#N)C(CN)c1ccccc1F. The van der Waals surface area contributed by atoms with E-state index in [0.29, 0.717) is 31.0 Å². The monoisotopic (exact) mass is 263 g/mol. The molecule has 0 aliphatic heterocycles. The van der Waals surface area contributed by atoms with Crippen LogP contribution in [-0.2, 0) is 0 Å². The minimum Gasteiger partial charge on any atom is -0.329 e. The number of nitrogens with zero attached hydrogens (tertiary/aromatic N) is 2. The van der Waals surface area contributed by atoms with Gasteiger partial charge < -0.3 is 5.73 Å². The third-order valence-corrected chi connectivity index (χ3v) is 3.04. The zero-order valence-electron chi connectivity index (χ0n) is 11.6. The fourth-order valence-corrected chi connectivity index (χ4v) is 2.26. The molecule has 2 N–H and O–H groups in total. The third-order valence-electron chi connectivity index (χ3n) is 3.04. The maximum Gasteiger partial charge on any atom is 0.128 e. The third kappa shape index (κ3) is 4.62. The molecule has 0 heterocycles. The highest BCUT2D eigenvalue weighted by Crippen LogP contribution is 2.23. The van der Waals surface area contributed by atoms with Crippen molar-refractivity contribution >= 4 is 0 Å². The summed E-state index contributed by atoms with van der Waals surface area (Å²) in [5.41, 5.74) is 6.45. The van der Waals surface area contributed by atoms with Crippen LogP contribution in [-0.4, -0.2) is 24.5 Å². The smallest absolute Gasteiger partial charge is 0.128 e. The lowest BCUT2D eigenvalue weighted by Crippen LogP contribution is -2.37. The number of nitriles is 1. The Kier molecular flexibility index (Phi) is 6.48. The van der Waals surface area contributed by atoms with Gasteiger partial charge in [-0.2, -0.15) is 5.26 Å². The summed E-state index contributed by atoms with van der Waals surface area (Å²) in [5, 5.41) is 8.75. The molecule has 0 spiro atoms. The van der Waals surface area contributed by atoms with Gasteiger partial charge in [0.05, 0.1) is 6.07 Å². The van der Waals surface area contributed by atoms with Crippen LogP contribution in [0.2, 0.25) is 0 Å². The molecule has 1 aromatic carbocycles. The average Bonchev–Trinajstić information content (AvgIpc) is 2.38. The van der Waals surface area contributed by atoms with Gasteiger partial charge in [-0.1, -0.05) is 32.0 Å². The molecular formula is C15H22FN3. The van der Waals surface area contributed by atoms with Crippen LogP contribution in [0.3, 0.4) is 0 Å². The first-order chi connectivity index (χ1) is 9.10. The molecule has 19 heavy (non-hydrogen) atoms. The van der Waals surface area contributed by atoms with Crippen molar-refractivity contribution in [1.29, 1.82) is 5.26 Å². The van der Waals surface area contributed by atoms with Crippen LogP contribution in [0.1, 0.15) is 31.9 Å². The van der Waals surface area contributed by atoms with Crippen LogP contribution in [0.15, 0.2) is 24.3 Å². The zero-order valence-corrected chi connectivity index (χ0v) is 11.6. The highest BCUT2D eigenvalue weighted by Gasteiger charge is 2.22. The van der Waals surface area contributed by atoms with Crippen LogP contribution < -0.4 is 5.73 Å². The first kappa shape index (κ1) is 15.6. The highest BCUT2D eigenvalue weighted by atomic mass is 19.1. The molecule has 0 aliphatic carbocycles. The average molecular weight is 263 g/mol. The van der Waals surface area contributed by atoms with Crippen molar-refractivity contribution in [1.82, 2.24) is 4.90 Å². The lowest BCUT2D eigenvalue weighted by atomic mass is 10.0. The Morgan fingerprint density at radius 3 is 2.58 bits per heavy atom. The Balaban J connectivity index is 2.95. The highest BCUT2D eigenvalue weighted by molar-refractivity contribution is 5.21. The molecule has 104 valence electrons. The van der Waals surface area contributed by atoms with E-state index >= 15 is 0 Å². The Bertz CT molecular complexity index is 426.